The zero-order valence-corrected chi connectivity index (χ0v) is 19.7. The molecule has 1 heterocycles. The second-order valence-electron chi connectivity index (χ2n) is 8.64. The van der Waals surface area contributed by atoms with Gasteiger partial charge in [-0.25, -0.2) is 4.98 Å². The number of carbonyl (C=O) groups is 1. The third-order valence-electron chi connectivity index (χ3n) is 5.47. The summed E-state index contributed by atoms with van der Waals surface area (Å²) in [7, 11) is 0. The lowest BCUT2D eigenvalue weighted by molar-refractivity contribution is -0.115. The third kappa shape index (κ3) is 5.69. The van der Waals surface area contributed by atoms with Crippen LogP contribution in [0.2, 0.25) is 10.0 Å². The van der Waals surface area contributed by atoms with Gasteiger partial charge < -0.3 is 5.32 Å². The highest BCUT2D eigenvalue weighted by Gasteiger charge is 2.30. The van der Waals surface area contributed by atoms with Crippen LogP contribution in [0.4, 0.5) is 5.69 Å². The molecule has 1 aliphatic rings. The Hall–Kier alpha value is -1.74. The summed E-state index contributed by atoms with van der Waals surface area (Å²) in [6.07, 6.45) is 3.31. The maximum atomic E-state index is 12.3. The SMILES string of the molecule is CC(C)(C)C1CCc2nc(SCCC(=O)Nc3ccc(Cl)cc3Cl)c(C#N)cc2C1. The van der Waals surface area contributed by atoms with Gasteiger partial charge in [0, 0.05) is 22.9 Å². The number of carbonyl (C=O) groups excluding carboxylic acids is 1. The Labute approximate surface area is 192 Å². The van der Waals surface area contributed by atoms with Crippen molar-refractivity contribution in [3.63, 3.8) is 0 Å². The van der Waals surface area contributed by atoms with Crippen LogP contribution in [-0.4, -0.2) is 16.6 Å². The van der Waals surface area contributed by atoms with Gasteiger partial charge in [0.05, 0.1) is 16.3 Å². The van der Waals surface area contributed by atoms with Crippen LogP contribution >= 0.6 is 35.0 Å². The Bertz CT molecular complexity index is 995. The van der Waals surface area contributed by atoms with Crippen molar-refractivity contribution in [3.8, 4) is 6.07 Å². The highest BCUT2D eigenvalue weighted by molar-refractivity contribution is 7.99. The van der Waals surface area contributed by atoms with Crippen LogP contribution < -0.4 is 5.32 Å². The van der Waals surface area contributed by atoms with Gasteiger partial charge >= 0.3 is 0 Å². The van der Waals surface area contributed by atoms with Crippen LogP contribution in [0.5, 0.6) is 0 Å². The minimum Gasteiger partial charge on any atom is -0.325 e. The number of thioether (sulfide) groups is 1. The Balaban J connectivity index is 1.62. The maximum Gasteiger partial charge on any atom is 0.225 e. The van der Waals surface area contributed by atoms with E-state index in [0.29, 0.717) is 44.4 Å². The molecule has 4 nitrogen and oxygen atoms in total. The van der Waals surface area contributed by atoms with Crippen molar-refractivity contribution in [2.24, 2.45) is 11.3 Å². The molecule has 0 saturated carbocycles. The molecule has 1 N–H and O–H groups in total. The molecule has 1 unspecified atom stereocenters. The number of anilines is 1. The van der Waals surface area contributed by atoms with E-state index in [9.17, 15) is 10.1 Å². The van der Waals surface area contributed by atoms with Crippen molar-refractivity contribution >= 4 is 46.6 Å². The standard InChI is InChI=1S/C23H25Cl2N3OS/c1-23(2,3)16-4-6-19-14(11-16)10-15(13-26)22(28-19)30-9-8-21(29)27-20-7-5-17(24)12-18(20)25/h5,7,10,12,16H,4,6,8-9,11H2,1-3H3,(H,27,29). The van der Waals surface area contributed by atoms with Crippen molar-refractivity contribution < 1.29 is 4.79 Å². The number of fused-ring (bicyclic) bond motifs is 1. The topological polar surface area (TPSA) is 65.8 Å². The second-order valence-corrected chi connectivity index (χ2v) is 10.6. The summed E-state index contributed by atoms with van der Waals surface area (Å²) in [6, 6.07) is 9.22. The van der Waals surface area contributed by atoms with Crippen LogP contribution in [-0.2, 0) is 17.6 Å². The lowest BCUT2D eigenvalue weighted by Gasteiger charge is -2.34. The van der Waals surface area contributed by atoms with Crippen molar-refractivity contribution in [1.82, 2.24) is 4.98 Å². The molecule has 1 aromatic carbocycles. The van der Waals surface area contributed by atoms with E-state index in [2.05, 4.69) is 32.2 Å². The molecule has 1 amide bonds. The number of nitrogens with one attached hydrogen (secondary N) is 1. The highest BCUT2D eigenvalue weighted by Crippen LogP contribution is 2.38. The number of benzene rings is 1. The molecule has 158 valence electrons. The maximum absolute atomic E-state index is 12.3. The lowest BCUT2D eigenvalue weighted by Crippen LogP contribution is -2.27. The molecule has 0 fully saturated rings. The fourth-order valence-corrected chi connectivity index (χ4v) is 4.99. The van der Waals surface area contributed by atoms with Gasteiger partial charge in [-0.3, -0.25) is 4.79 Å². The molecule has 0 saturated heterocycles. The van der Waals surface area contributed by atoms with Gasteiger partial charge in [0.25, 0.3) is 0 Å². The molecular formula is C23H25Cl2N3OS. The predicted molar refractivity (Wildman–Crippen MR) is 124 cm³/mol. The normalized spacial score (nSPS) is 15.9. The fourth-order valence-electron chi connectivity index (χ4n) is 3.62. The summed E-state index contributed by atoms with van der Waals surface area (Å²) in [5.41, 5.74) is 3.66. The first-order valence-corrected chi connectivity index (χ1v) is 11.7. The number of rotatable bonds is 5. The number of halogens is 2. The van der Waals surface area contributed by atoms with Crippen LogP contribution in [0.1, 0.15) is 50.4 Å². The fraction of sp³-hybridized carbons (Fsp3) is 0.435. The minimum atomic E-state index is -0.142. The van der Waals surface area contributed by atoms with E-state index in [1.807, 2.05) is 6.07 Å². The number of hydrogen-bond donors (Lipinski definition) is 1. The first-order valence-electron chi connectivity index (χ1n) is 9.98. The highest BCUT2D eigenvalue weighted by atomic mass is 35.5. The van der Waals surface area contributed by atoms with Crippen LogP contribution in [0.15, 0.2) is 29.3 Å². The number of aryl methyl sites for hydroxylation is 1. The number of hydrogen-bond acceptors (Lipinski definition) is 4. The molecule has 0 aliphatic heterocycles. The van der Waals surface area contributed by atoms with Crippen molar-refractivity contribution in [2.75, 3.05) is 11.1 Å². The van der Waals surface area contributed by atoms with E-state index in [4.69, 9.17) is 28.2 Å². The van der Waals surface area contributed by atoms with Gasteiger partial charge in [-0.2, -0.15) is 5.26 Å². The summed E-state index contributed by atoms with van der Waals surface area (Å²) in [5.74, 6) is 0.985. The smallest absolute Gasteiger partial charge is 0.225 e. The van der Waals surface area contributed by atoms with Gasteiger partial charge in [-0.1, -0.05) is 44.0 Å². The largest absolute Gasteiger partial charge is 0.325 e. The molecular weight excluding hydrogens is 437 g/mol. The van der Waals surface area contributed by atoms with E-state index < -0.39 is 0 Å². The summed E-state index contributed by atoms with van der Waals surface area (Å²) in [6.45, 7) is 6.81. The van der Waals surface area contributed by atoms with Crippen LogP contribution in [0, 0.1) is 22.7 Å². The summed E-state index contributed by atoms with van der Waals surface area (Å²) < 4.78 is 0. The zero-order valence-electron chi connectivity index (χ0n) is 17.4. The molecule has 1 aliphatic carbocycles. The van der Waals surface area contributed by atoms with Crippen molar-refractivity contribution in [3.05, 3.63) is 51.1 Å². The Morgan fingerprint density at radius 2 is 2.10 bits per heavy atom. The number of nitrogens with zero attached hydrogens (tertiary/aromatic N) is 2. The molecule has 1 aromatic heterocycles. The number of amides is 1. The summed E-state index contributed by atoms with van der Waals surface area (Å²) in [4.78, 5) is 17.0. The lowest BCUT2D eigenvalue weighted by atomic mass is 9.71. The average molecular weight is 462 g/mol. The zero-order chi connectivity index (χ0) is 21.9. The number of nitriles is 1. The molecule has 1 atom stereocenters. The van der Waals surface area contributed by atoms with Crippen LogP contribution in [0.25, 0.3) is 0 Å². The molecule has 0 bridgehead atoms. The first-order chi connectivity index (χ1) is 14.2. The van der Waals surface area contributed by atoms with Gasteiger partial charge in [-0.15, -0.1) is 11.8 Å². The Kier molecular flexibility index (Phi) is 7.34. The average Bonchev–Trinajstić information content (AvgIpc) is 2.68. The molecule has 0 radical (unpaired) electrons. The quantitative estimate of drug-likeness (QED) is 0.513. The van der Waals surface area contributed by atoms with E-state index in [1.165, 1.54) is 17.3 Å². The van der Waals surface area contributed by atoms with E-state index in [1.54, 1.807) is 18.2 Å². The van der Waals surface area contributed by atoms with Crippen LogP contribution in [0.3, 0.4) is 0 Å². The van der Waals surface area contributed by atoms with E-state index >= 15 is 0 Å². The van der Waals surface area contributed by atoms with Crippen molar-refractivity contribution in [1.29, 1.82) is 5.26 Å². The monoisotopic (exact) mass is 461 g/mol. The van der Waals surface area contributed by atoms with Gasteiger partial charge in [0.15, 0.2) is 0 Å². The van der Waals surface area contributed by atoms with Gasteiger partial charge in [0.1, 0.15) is 11.1 Å². The first kappa shape index (κ1) is 22.9. The van der Waals surface area contributed by atoms with E-state index in [0.717, 1.165) is 25.0 Å². The number of pyridine rings is 1. The Morgan fingerprint density at radius 1 is 1.33 bits per heavy atom. The summed E-state index contributed by atoms with van der Waals surface area (Å²) in [5, 5.41) is 14.0. The van der Waals surface area contributed by atoms with E-state index in [-0.39, 0.29) is 11.3 Å². The molecule has 2 aromatic rings. The molecule has 7 heteroatoms. The molecule has 30 heavy (non-hydrogen) atoms. The van der Waals surface area contributed by atoms with Crippen molar-refractivity contribution in [2.45, 2.75) is 51.5 Å². The molecule has 3 rings (SSSR count). The summed E-state index contributed by atoms with van der Waals surface area (Å²) >= 11 is 13.4. The predicted octanol–water partition coefficient (Wildman–Crippen LogP) is 6.53. The van der Waals surface area contributed by atoms with Gasteiger partial charge in [-0.05, 0) is 60.4 Å². The third-order valence-corrected chi connectivity index (χ3v) is 7.01. The Morgan fingerprint density at radius 3 is 2.77 bits per heavy atom. The number of aromatic nitrogens is 1. The minimum absolute atomic E-state index is 0.142. The second kappa shape index (κ2) is 9.60. The molecule has 0 spiro atoms. The van der Waals surface area contributed by atoms with Gasteiger partial charge in [0.2, 0.25) is 5.91 Å².